The van der Waals surface area contributed by atoms with Crippen molar-refractivity contribution < 1.29 is 4.79 Å². The lowest BCUT2D eigenvalue weighted by atomic mass is 9.83. The molecule has 1 heterocycles. The molecule has 0 radical (unpaired) electrons. The van der Waals surface area contributed by atoms with Crippen LogP contribution in [-0.2, 0) is 23.1 Å². The van der Waals surface area contributed by atoms with Crippen LogP contribution >= 0.6 is 0 Å². The van der Waals surface area contributed by atoms with Gasteiger partial charge in [0.05, 0.1) is 6.42 Å². The molecule has 146 valence electrons. The first kappa shape index (κ1) is 20.9. The van der Waals surface area contributed by atoms with Crippen molar-refractivity contribution in [3.63, 3.8) is 0 Å². The van der Waals surface area contributed by atoms with Gasteiger partial charge in [0.1, 0.15) is 0 Å². The van der Waals surface area contributed by atoms with Crippen molar-refractivity contribution in [3.8, 4) is 0 Å². The monoisotopic (exact) mass is 369 g/mol. The Balaban J connectivity index is 2.01. The van der Waals surface area contributed by atoms with Gasteiger partial charge in [-0.15, -0.1) is 0 Å². The number of hydrogen-bond donors (Lipinski definition) is 2. The number of hydrogen-bond acceptors (Lipinski definition) is 3. The Morgan fingerprint density at radius 1 is 1.07 bits per heavy atom. The number of H-pyrrole nitrogens is 1. The first-order valence-electron chi connectivity index (χ1n) is 9.42. The average Bonchev–Trinajstić information content (AvgIpc) is 2.52. The Morgan fingerprint density at radius 2 is 1.67 bits per heavy atom. The zero-order valence-electron chi connectivity index (χ0n) is 17.5. The minimum atomic E-state index is -0.376. The van der Waals surface area contributed by atoms with Gasteiger partial charge in [-0.3, -0.25) is 4.79 Å². The van der Waals surface area contributed by atoms with Crippen LogP contribution in [0.15, 0.2) is 16.9 Å². The largest absolute Gasteiger partial charge is 0.355 e. The van der Waals surface area contributed by atoms with Crippen LogP contribution in [0.5, 0.6) is 0 Å². The molecule has 5 heteroatoms. The van der Waals surface area contributed by atoms with Gasteiger partial charge in [0, 0.05) is 23.5 Å². The van der Waals surface area contributed by atoms with Crippen LogP contribution < -0.4 is 11.0 Å². The molecule has 0 atom stereocenters. The van der Waals surface area contributed by atoms with Gasteiger partial charge in [-0.05, 0) is 61.8 Å². The van der Waals surface area contributed by atoms with Crippen LogP contribution in [0.4, 0.5) is 0 Å². The van der Waals surface area contributed by atoms with Crippen LogP contribution in [0, 0.1) is 27.7 Å². The minimum Gasteiger partial charge on any atom is -0.355 e. The fraction of sp³-hybridized carbons (Fsp3) is 0.500. The van der Waals surface area contributed by atoms with Gasteiger partial charge in [-0.2, -0.15) is 4.98 Å². The highest BCUT2D eigenvalue weighted by molar-refractivity contribution is 5.79. The number of benzene rings is 1. The van der Waals surface area contributed by atoms with Crippen molar-refractivity contribution >= 4 is 5.91 Å². The third-order valence-electron chi connectivity index (χ3n) is 5.05. The van der Waals surface area contributed by atoms with E-state index in [1.165, 1.54) is 22.3 Å². The molecule has 0 unspecified atom stereocenters. The first-order chi connectivity index (χ1) is 12.5. The van der Waals surface area contributed by atoms with Crippen molar-refractivity contribution in [2.45, 2.75) is 66.7 Å². The Morgan fingerprint density at radius 3 is 2.19 bits per heavy atom. The molecule has 0 aliphatic rings. The average molecular weight is 370 g/mol. The van der Waals surface area contributed by atoms with E-state index in [2.05, 4.69) is 62.0 Å². The summed E-state index contributed by atoms with van der Waals surface area (Å²) in [6.07, 6.45) is 1.03. The molecule has 2 N–H and O–H groups in total. The van der Waals surface area contributed by atoms with Gasteiger partial charge in [0.25, 0.3) is 0 Å². The number of nitrogens with zero attached hydrogens (tertiary/aromatic N) is 1. The van der Waals surface area contributed by atoms with E-state index in [1.54, 1.807) is 13.8 Å². The highest BCUT2D eigenvalue weighted by Crippen LogP contribution is 2.27. The van der Waals surface area contributed by atoms with Crippen LogP contribution in [0.25, 0.3) is 0 Å². The van der Waals surface area contributed by atoms with E-state index in [4.69, 9.17) is 0 Å². The number of carbonyl (C=O) groups excluding carboxylic acids is 1. The van der Waals surface area contributed by atoms with Gasteiger partial charge in [0.15, 0.2) is 0 Å². The summed E-state index contributed by atoms with van der Waals surface area (Å²) in [5.41, 5.74) is 7.01. The number of aryl methyl sites for hydroxylation is 4. The summed E-state index contributed by atoms with van der Waals surface area (Å²) < 4.78 is 0. The predicted octanol–water partition coefficient (Wildman–Crippen LogP) is 3.20. The summed E-state index contributed by atoms with van der Waals surface area (Å²) in [6, 6.07) is 4.51. The molecule has 0 saturated heterocycles. The summed E-state index contributed by atoms with van der Waals surface area (Å²) in [5.74, 6) is -0.0586. The lowest BCUT2D eigenvalue weighted by molar-refractivity contribution is -0.120. The number of aromatic amines is 1. The van der Waals surface area contributed by atoms with Crippen molar-refractivity contribution in [1.82, 2.24) is 15.3 Å². The summed E-state index contributed by atoms with van der Waals surface area (Å²) in [7, 11) is 0. The van der Waals surface area contributed by atoms with Crippen molar-refractivity contribution in [2.24, 2.45) is 0 Å². The van der Waals surface area contributed by atoms with E-state index in [9.17, 15) is 9.59 Å². The molecule has 0 bridgehead atoms. The summed E-state index contributed by atoms with van der Waals surface area (Å²) in [5, 5.41) is 2.99. The summed E-state index contributed by atoms with van der Waals surface area (Å²) >= 11 is 0. The molecule has 0 aliphatic heterocycles. The Hall–Kier alpha value is -2.43. The van der Waals surface area contributed by atoms with Crippen molar-refractivity contribution in [3.05, 3.63) is 61.8 Å². The van der Waals surface area contributed by atoms with Gasteiger partial charge in [0.2, 0.25) is 5.91 Å². The molecule has 5 nitrogen and oxygen atoms in total. The van der Waals surface area contributed by atoms with Crippen LogP contribution in [0.2, 0.25) is 0 Å². The van der Waals surface area contributed by atoms with Crippen LogP contribution in [0.3, 0.4) is 0 Å². The molecular formula is C22H31N3O2. The van der Waals surface area contributed by atoms with Gasteiger partial charge in [-0.25, -0.2) is 4.79 Å². The topological polar surface area (TPSA) is 74.8 Å². The van der Waals surface area contributed by atoms with E-state index in [0.29, 0.717) is 17.9 Å². The molecular weight excluding hydrogens is 338 g/mol. The predicted molar refractivity (Wildman–Crippen MR) is 109 cm³/mol. The minimum absolute atomic E-state index is 0.0586. The van der Waals surface area contributed by atoms with E-state index in [-0.39, 0.29) is 23.4 Å². The quantitative estimate of drug-likeness (QED) is 0.850. The van der Waals surface area contributed by atoms with E-state index in [1.807, 2.05) is 0 Å². The number of rotatable bonds is 5. The standard InChI is InChI=1S/C22H31N3O2/c1-13-10-17(22(5,6)7)11-14(2)18(13)8-9-23-20(26)12-19-15(3)24-21(27)25-16(19)4/h10-11H,8-9,12H2,1-7H3,(H,23,26)(H,24,25,27). The van der Waals surface area contributed by atoms with E-state index >= 15 is 0 Å². The first-order valence-corrected chi connectivity index (χ1v) is 9.42. The molecule has 0 spiro atoms. The maximum Gasteiger partial charge on any atom is 0.345 e. The summed E-state index contributed by atoms with van der Waals surface area (Å²) in [4.78, 5) is 30.2. The number of amides is 1. The Bertz CT molecular complexity index is 855. The molecule has 2 rings (SSSR count). The fourth-order valence-corrected chi connectivity index (χ4v) is 3.39. The molecule has 1 amide bonds. The molecule has 2 aromatic rings. The van der Waals surface area contributed by atoms with E-state index < -0.39 is 0 Å². The van der Waals surface area contributed by atoms with Gasteiger partial charge >= 0.3 is 5.69 Å². The van der Waals surface area contributed by atoms with Crippen molar-refractivity contribution in [2.75, 3.05) is 6.54 Å². The Kier molecular flexibility index (Phi) is 6.24. The van der Waals surface area contributed by atoms with Crippen LogP contribution in [0.1, 0.15) is 60.0 Å². The van der Waals surface area contributed by atoms with E-state index in [0.717, 1.165) is 12.0 Å². The second-order valence-corrected chi connectivity index (χ2v) is 8.35. The van der Waals surface area contributed by atoms with Gasteiger partial charge in [-0.1, -0.05) is 32.9 Å². The summed E-state index contributed by atoms with van der Waals surface area (Å²) in [6.45, 7) is 15.1. The number of carbonyl (C=O) groups is 1. The van der Waals surface area contributed by atoms with Gasteiger partial charge < -0.3 is 10.3 Å². The van der Waals surface area contributed by atoms with Crippen molar-refractivity contribution in [1.29, 1.82) is 0 Å². The molecule has 0 aliphatic carbocycles. The molecule has 0 saturated carbocycles. The maximum absolute atomic E-state index is 12.3. The number of nitrogens with one attached hydrogen (secondary N) is 2. The molecule has 1 aromatic heterocycles. The second-order valence-electron chi connectivity index (χ2n) is 8.35. The zero-order chi connectivity index (χ0) is 20.4. The smallest absolute Gasteiger partial charge is 0.345 e. The Labute approximate surface area is 161 Å². The lowest BCUT2D eigenvalue weighted by Gasteiger charge is -2.22. The molecule has 27 heavy (non-hydrogen) atoms. The zero-order valence-corrected chi connectivity index (χ0v) is 17.5. The highest BCUT2D eigenvalue weighted by atomic mass is 16.1. The third kappa shape index (κ3) is 5.28. The lowest BCUT2D eigenvalue weighted by Crippen LogP contribution is -2.29. The maximum atomic E-state index is 12.3. The third-order valence-corrected chi connectivity index (χ3v) is 5.05. The molecule has 0 fully saturated rings. The molecule has 1 aromatic carbocycles. The van der Waals surface area contributed by atoms with Crippen LogP contribution in [-0.4, -0.2) is 22.4 Å². The second kappa shape index (κ2) is 8.07. The normalized spacial score (nSPS) is 11.5. The fourth-order valence-electron chi connectivity index (χ4n) is 3.39. The number of aromatic nitrogens is 2. The SMILES string of the molecule is Cc1cc(C(C)(C)C)cc(C)c1CCNC(=O)Cc1c(C)nc(=O)[nH]c1C. The highest BCUT2D eigenvalue weighted by Gasteiger charge is 2.16.